The lowest BCUT2D eigenvalue weighted by atomic mass is 9.95. The minimum atomic E-state index is 0.257. The quantitative estimate of drug-likeness (QED) is 0.416. The fraction of sp³-hybridized carbons (Fsp3) is 0.625. The Morgan fingerprint density at radius 3 is 1.76 bits per heavy atom. The lowest BCUT2D eigenvalue weighted by molar-refractivity contribution is -0.114. The third kappa shape index (κ3) is 17.2. The van der Waals surface area contributed by atoms with Crippen molar-refractivity contribution in [3.63, 3.8) is 0 Å². The van der Waals surface area contributed by atoms with Crippen molar-refractivity contribution >= 4 is 5.78 Å². The molecule has 0 radical (unpaired) electrons. The van der Waals surface area contributed by atoms with E-state index in [1.165, 1.54) is 49.7 Å². The molecule has 0 N–H and O–H groups in total. The Hall–Kier alpha value is -1.37. The van der Waals surface area contributed by atoms with Crippen LogP contribution in [0, 0.1) is 19.8 Å². The third-order valence-corrected chi connectivity index (χ3v) is 3.93. The van der Waals surface area contributed by atoms with Crippen LogP contribution in [0.4, 0.5) is 0 Å². The van der Waals surface area contributed by atoms with Gasteiger partial charge in [0, 0.05) is 6.42 Å². The lowest BCUT2D eigenvalue weighted by Gasteiger charge is -2.11. The van der Waals surface area contributed by atoms with E-state index in [0.717, 1.165) is 0 Å². The van der Waals surface area contributed by atoms with E-state index >= 15 is 0 Å². The highest BCUT2D eigenvalue weighted by Crippen LogP contribution is 2.17. The molecule has 144 valence electrons. The van der Waals surface area contributed by atoms with Crippen LogP contribution in [0.1, 0.15) is 90.7 Å². The molecule has 0 saturated carbocycles. The first-order chi connectivity index (χ1) is 12.0. The highest BCUT2D eigenvalue weighted by Gasteiger charge is 2.04. The van der Waals surface area contributed by atoms with E-state index in [1.54, 1.807) is 6.08 Å². The molecular formula is C24H42O. The molecule has 0 aliphatic carbocycles. The smallest absolute Gasteiger partial charge is 0.155 e. The summed E-state index contributed by atoms with van der Waals surface area (Å²) in [6.45, 7) is 14.6. The molecule has 1 aromatic carbocycles. The second kappa shape index (κ2) is 19.0. The minimum Gasteiger partial charge on any atom is -0.295 e. The molecular weight excluding hydrogens is 304 g/mol. The standard InChI is InChI=1S/C14H26O.C8H10.C2H6/c1-4-7-9-13(10-8-5-2)11-12-14(15)6-3;1-7-4-3-5-8(2)6-7;1-2/h11-13H,4-10H2,1-3H3;3-6H,1-2H3;1-2H3/b12-11-;;. The maximum atomic E-state index is 11.2. The number of aryl methyl sites for hydroxylation is 2. The Kier molecular flexibility index (Phi) is 19.6. The summed E-state index contributed by atoms with van der Waals surface area (Å²) in [4.78, 5) is 11.2. The van der Waals surface area contributed by atoms with Gasteiger partial charge in [0.1, 0.15) is 0 Å². The number of benzene rings is 1. The largest absolute Gasteiger partial charge is 0.295 e. The molecule has 0 unspecified atom stereocenters. The van der Waals surface area contributed by atoms with Crippen LogP contribution in [0.5, 0.6) is 0 Å². The first-order valence-electron chi connectivity index (χ1n) is 10.3. The zero-order chi connectivity index (χ0) is 19.5. The highest BCUT2D eigenvalue weighted by molar-refractivity contribution is 5.89. The van der Waals surface area contributed by atoms with E-state index in [4.69, 9.17) is 0 Å². The first kappa shape index (κ1) is 25.9. The van der Waals surface area contributed by atoms with Gasteiger partial charge in [-0.25, -0.2) is 0 Å². The fourth-order valence-electron chi connectivity index (χ4n) is 2.44. The van der Waals surface area contributed by atoms with Crippen LogP contribution in [0.2, 0.25) is 0 Å². The second-order valence-corrected chi connectivity index (χ2v) is 6.38. The average molecular weight is 347 g/mol. The fourth-order valence-corrected chi connectivity index (χ4v) is 2.44. The summed E-state index contributed by atoms with van der Waals surface area (Å²) in [5.74, 6) is 0.883. The van der Waals surface area contributed by atoms with Crippen LogP contribution < -0.4 is 0 Å². The van der Waals surface area contributed by atoms with Crippen LogP contribution in [-0.2, 0) is 4.79 Å². The lowest BCUT2D eigenvalue weighted by Crippen LogP contribution is -1.98. The van der Waals surface area contributed by atoms with E-state index in [9.17, 15) is 4.79 Å². The van der Waals surface area contributed by atoms with Crippen LogP contribution in [0.15, 0.2) is 36.4 Å². The molecule has 0 aliphatic heterocycles. The zero-order valence-electron chi connectivity index (χ0n) is 17.9. The van der Waals surface area contributed by atoms with Gasteiger partial charge in [-0.05, 0) is 38.7 Å². The van der Waals surface area contributed by atoms with Gasteiger partial charge in [0.15, 0.2) is 5.78 Å². The summed E-state index contributed by atoms with van der Waals surface area (Å²) < 4.78 is 0. The van der Waals surface area contributed by atoms with Crippen LogP contribution >= 0.6 is 0 Å². The first-order valence-corrected chi connectivity index (χ1v) is 10.3. The molecule has 1 nitrogen and oxygen atoms in total. The Morgan fingerprint density at radius 2 is 1.44 bits per heavy atom. The minimum absolute atomic E-state index is 0.257. The van der Waals surface area contributed by atoms with Crippen LogP contribution in [-0.4, -0.2) is 5.78 Å². The number of unbranched alkanes of at least 4 members (excludes halogenated alkanes) is 2. The molecule has 0 aliphatic rings. The van der Waals surface area contributed by atoms with Gasteiger partial charge in [0.05, 0.1) is 0 Å². The predicted octanol–water partition coefficient (Wildman–Crippen LogP) is 7.85. The normalized spacial score (nSPS) is 10.1. The monoisotopic (exact) mass is 346 g/mol. The molecule has 0 fully saturated rings. The topological polar surface area (TPSA) is 17.1 Å². The summed E-state index contributed by atoms with van der Waals surface area (Å²) in [6, 6.07) is 8.45. The number of carbonyl (C=O) groups excluding carboxylic acids is 1. The number of hydrogen-bond acceptors (Lipinski definition) is 1. The second-order valence-electron chi connectivity index (χ2n) is 6.38. The SMILES string of the molecule is CC.CCCCC(/C=C\C(=O)CC)CCCC.Cc1cccc(C)c1. The molecule has 0 aromatic heterocycles. The summed E-state index contributed by atoms with van der Waals surface area (Å²) in [5, 5.41) is 0. The number of carbonyl (C=O) groups is 1. The van der Waals surface area contributed by atoms with Gasteiger partial charge in [-0.3, -0.25) is 4.79 Å². The summed E-state index contributed by atoms with van der Waals surface area (Å²) in [5.41, 5.74) is 2.68. The molecule has 0 spiro atoms. The van der Waals surface area contributed by atoms with Crippen molar-refractivity contribution in [1.29, 1.82) is 0 Å². The van der Waals surface area contributed by atoms with Gasteiger partial charge in [-0.2, -0.15) is 0 Å². The Morgan fingerprint density at radius 1 is 0.960 bits per heavy atom. The zero-order valence-corrected chi connectivity index (χ0v) is 17.9. The van der Waals surface area contributed by atoms with Crippen molar-refractivity contribution in [1.82, 2.24) is 0 Å². The molecule has 0 bridgehead atoms. The van der Waals surface area contributed by atoms with Gasteiger partial charge in [-0.1, -0.05) is 102 Å². The maximum Gasteiger partial charge on any atom is 0.155 e. The summed E-state index contributed by atoms with van der Waals surface area (Å²) >= 11 is 0. The van der Waals surface area contributed by atoms with Crippen molar-refractivity contribution in [3.05, 3.63) is 47.5 Å². The Balaban J connectivity index is 0. The van der Waals surface area contributed by atoms with Gasteiger partial charge < -0.3 is 0 Å². The van der Waals surface area contributed by atoms with Gasteiger partial charge in [-0.15, -0.1) is 0 Å². The van der Waals surface area contributed by atoms with Gasteiger partial charge >= 0.3 is 0 Å². The molecule has 0 atom stereocenters. The van der Waals surface area contributed by atoms with Crippen molar-refractivity contribution < 1.29 is 4.79 Å². The molecule has 1 rings (SSSR count). The number of rotatable bonds is 9. The van der Waals surface area contributed by atoms with E-state index in [-0.39, 0.29) is 5.78 Å². The molecule has 0 amide bonds. The van der Waals surface area contributed by atoms with Crippen molar-refractivity contribution in [2.45, 2.75) is 93.4 Å². The average Bonchev–Trinajstić information content (AvgIpc) is 2.62. The van der Waals surface area contributed by atoms with E-state index in [2.05, 4.69) is 58.0 Å². The molecule has 25 heavy (non-hydrogen) atoms. The van der Waals surface area contributed by atoms with Crippen molar-refractivity contribution in [2.24, 2.45) is 5.92 Å². The molecule has 1 heteroatoms. The molecule has 1 aromatic rings. The summed E-state index contributed by atoms with van der Waals surface area (Å²) in [7, 11) is 0. The highest BCUT2D eigenvalue weighted by atomic mass is 16.1. The maximum absolute atomic E-state index is 11.2. The van der Waals surface area contributed by atoms with Crippen molar-refractivity contribution in [2.75, 3.05) is 0 Å². The number of allylic oxidation sites excluding steroid dienone is 2. The van der Waals surface area contributed by atoms with E-state index < -0.39 is 0 Å². The summed E-state index contributed by atoms with van der Waals surface area (Å²) in [6.07, 6.45) is 12.1. The predicted molar refractivity (Wildman–Crippen MR) is 114 cm³/mol. The number of hydrogen-bond donors (Lipinski definition) is 0. The Bertz CT molecular complexity index is 420. The third-order valence-electron chi connectivity index (χ3n) is 3.93. The molecule has 0 heterocycles. The van der Waals surface area contributed by atoms with Crippen LogP contribution in [0.3, 0.4) is 0 Å². The van der Waals surface area contributed by atoms with E-state index in [1.807, 2.05) is 20.8 Å². The van der Waals surface area contributed by atoms with Crippen LogP contribution in [0.25, 0.3) is 0 Å². The molecule has 0 saturated heterocycles. The Labute approximate surface area is 157 Å². The van der Waals surface area contributed by atoms with E-state index in [0.29, 0.717) is 12.3 Å². The van der Waals surface area contributed by atoms with Gasteiger partial charge in [0.25, 0.3) is 0 Å². The van der Waals surface area contributed by atoms with Gasteiger partial charge in [0.2, 0.25) is 0 Å². The number of ketones is 1. The van der Waals surface area contributed by atoms with Crippen molar-refractivity contribution in [3.8, 4) is 0 Å².